The number of thiophene rings is 4. The van der Waals surface area contributed by atoms with Crippen molar-refractivity contribution in [2.75, 3.05) is 0 Å². The highest BCUT2D eigenvalue weighted by molar-refractivity contribution is 7.28. The molecule has 4 heteroatoms. The van der Waals surface area contributed by atoms with Gasteiger partial charge >= 0.3 is 0 Å². The van der Waals surface area contributed by atoms with E-state index in [-0.39, 0.29) is 0 Å². The summed E-state index contributed by atoms with van der Waals surface area (Å²) in [6.45, 7) is 13.9. The Morgan fingerprint density at radius 1 is 0.311 bits per heavy atom. The summed E-state index contributed by atoms with van der Waals surface area (Å²) in [5.41, 5.74) is 16.6. The molecule has 0 N–H and O–H groups in total. The van der Waals surface area contributed by atoms with Gasteiger partial charge in [0.1, 0.15) is 0 Å². The van der Waals surface area contributed by atoms with E-state index in [0.717, 1.165) is 25.7 Å². The summed E-state index contributed by atoms with van der Waals surface area (Å²) in [5.74, 6) is 0. The van der Waals surface area contributed by atoms with Gasteiger partial charge in [-0.05, 0) is 167 Å². The van der Waals surface area contributed by atoms with E-state index in [1.165, 1.54) is 219 Å². The molecule has 0 nitrogen and oxygen atoms in total. The van der Waals surface area contributed by atoms with Gasteiger partial charge in [-0.2, -0.15) is 0 Å². The number of benzene rings is 5. The SMILES string of the molecule is CCCCCCc1ccc(C2(c3ccc(CCCCCC)cc3)c3cc(C)sc3-c3sc4cc5c6c(sc5cc4c32)-c2sc(C)cc2C6(c2ccc(CCCCCC)cc2)c2ccc(CCCCCC)cc2)cc1. The molecule has 2 aliphatic carbocycles. The van der Waals surface area contributed by atoms with Crippen molar-refractivity contribution in [3.8, 4) is 19.5 Å². The molecule has 9 aromatic rings. The maximum atomic E-state index is 2.66. The minimum Gasteiger partial charge on any atom is -0.139 e. The molecule has 0 spiro atoms. The van der Waals surface area contributed by atoms with Gasteiger partial charge in [-0.3, -0.25) is 0 Å². The molecule has 0 atom stereocenters. The van der Waals surface area contributed by atoms with Crippen molar-refractivity contribution in [1.29, 1.82) is 0 Å². The van der Waals surface area contributed by atoms with Crippen LogP contribution in [0.2, 0.25) is 0 Å². The fraction of sp³-hybridized carbons (Fsp3) is 0.400. The molecule has 2 aliphatic rings. The number of unbranched alkanes of at least 4 members (excludes halogenated alkanes) is 12. The average molecular weight is 1050 g/mol. The van der Waals surface area contributed by atoms with Crippen LogP contribution in [0, 0.1) is 13.8 Å². The van der Waals surface area contributed by atoms with Gasteiger partial charge in [0, 0.05) is 28.9 Å². The Hall–Kier alpha value is -4.58. The maximum Gasteiger partial charge on any atom is 0.0736 e. The lowest BCUT2D eigenvalue weighted by molar-refractivity contribution is 0.666. The first-order valence-electron chi connectivity index (χ1n) is 29.0. The monoisotopic (exact) mass is 1050 g/mol. The summed E-state index contributed by atoms with van der Waals surface area (Å²) in [6, 6.07) is 50.3. The van der Waals surface area contributed by atoms with Crippen molar-refractivity contribution in [3.05, 3.63) is 198 Å². The van der Waals surface area contributed by atoms with Gasteiger partial charge in [0.15, 0.2) is 0 Å². The van der Waals surface area contributed by atoms with Crippen LogP contribution in [0.3, 0.4) is 0 Å². The van der Waals surface area contributed by atoms with Gasteiger partial charge in [0.05, 0.1) is 20.6 Å². The lowest BCUT2D eigenvalue weighted by Crippen LogP contribution is -2.28. The number of rotatable bonds is 24. The number of hydrogen-bond donors (Lipinski definition) is 0. The van der Waals surface area contributed by atoms with Crippen LogP contribution in [0.5, 0.6) is 0 Å². The van der Waals surface area contributed by atoms with Crippen LogP contribution in [-0.2, 0) is 36.5 Å². The summed E-state index contributed by atoms with van der Waals surface area (Å²) >= 11 is 8.14. The largest absolute Gasteiger partial charge is 0.139 e. The van der Waals surface area contributed by atoms with Gasteiger partial charge in [-0.1, -0.05) is 202 Å². The summed E-state index contributed by atoms with van der Waals surface area (Å²) in [6.07, 6.45) is 25.2. The molecule has 0 amide bonds. The van der Waals surface area contributed by atoms with Crippen molar-refractivity contribution in [2.24, 2.45) is 0 Å². The van der Waals surface area contributed by atoms with Crippen molar-refractivity contribution < 1.29 is 0 Å². The lowest BCUT2D eigenvalue weighted by Gasteiger charge is -2.34. The van der Waals surface area contributed by atoms with E-state index in [1.54, 1.807) is 0 Å². The van der Waals surface area contributed by atoms with Crippen LogP contribution < -0.4 is 0 Å². The van der Waals surface area contributed by atoms with Crippen LogP contribution in [0.15, 0.2) is 121 Å². The van der Waals surface area contributed by atoms with Gasteiger partial charge in [-0.25, -0.2) is 0 Å². The van der Waals surface area contributed by atoms with Crippen molar-refractivity contribution >= 4 is 65.5 Å². The Morgan fingerprint density at radius 3 is 0.865 bits per heavy atom. The molecule has 74 heavy (non-hydrogen) atoms. The van der Waals surface area contributed by atoms with E-state index in [2.05, 4.69) is 186 Å². The Kier molecular flexibility index (Phi) is 15.7. The van der Waals surface area contributed by atoms with Crippen LogP contribution in [-0.4, -0.2) is 0 Å². The van der Waals surface area contributed by atoms with Crippen LogP contribution >= 0.6 is 45.3 Å². The molecule has 4 aromatic heterocycles. The second-order valence-corrected chi connectivity index (χ2v) is 26.8. The highest BCUT2D eigenvalue weighted by atomic mass is 32.1. The molecule has 382 valence electrons. The molecule has 0 bridgehead atoms. The maximum absolute atomic E-state index is 2.66. The molecule has 0 radical (unpaired) electrons. The third-order valence-corrected chi connectivity index (χ3v) is 21.7. The number of fused-ring (bicyclic) bond motifs is 10. The van der Waals surface area contributed by atoms with E-state index in [1.807, 2.05) is 22.7 Å². The highest BCUT2D eigenvalue weighted by Gasteiger charge is 2.52. The molecule has 5 aromatic carbocycles. The van der Waals surface area contributed by atoms with Gasteiger partial charge < -0.3 is 0 Å². The second kappa shape index (κ2) is 22.6. The predicted octanol–water partition coefficient (Wildman–Crippen LogP) is 22.1. The van der Waals surface area contributed by atoms with Crippen molar-refractivity contribution in [3.63, 3.8) is 0 Å². The molecule has 0 unspecified atom stereocenters. The zero-order valence-electron chi connectivity index (χ0n) is 45.3. The molecule has 0 saturated heterocycles. The predicted molar refractivity (Wildman–Crippen MR) is 328 cm³/mol. The molecular formula is C70H78S4. The smallest absolute Gasteiger partial charge is 0.0736 e. The lowest BCUT2D eigenvalue weighted by atomic mass is 9.67. The molecule has 0 saturated carbocycles. The topological polar surface area (TPSA) is 0 Å². The standard InChI is InChI=1S/C70H78S4/c1-7-11-15-19-23-49-27-35-53(36-28-49)69(54-37-29-50(30-38-54)24-20-16-12-8-2)59-43-47(5)71-65(59)67-63(69)57-45-62-58(46-61(57)73-67)64-68(74-62)66-60(44-48(6)72-66)70(64,55-39-31-51(32-40-55)25-21-17-13-9-3)56-41-33-52(34-42-56)26-22-18-14-10-4/h27-46H,7-26H2,1-6H3. The molecule has 11 rings (SSSR count). The normalized spacial score (nSPS) is 14.0. The molecular weight excluding hydrogens is 969 g/mol. The third kappa shape index (κ3) is 9.24. The first-order chi connectivity index (χ1) is 36.3. The Labute approximate surface area is 460 Å². The first kappa shape index (κ1) is 51.5. The summed E-state index contributed by atoms with van der Waals surface area (Å²) in [4.78, 5) is 8.67. The highest BCUT2D eigenvalue weighted by Crippen LogP contribution is 2.66. The van der Waals surface area contributed by atoms with E-state index in [9.17, 15) is 0 Å². The van der Waals surface area contributed by atoms with E-state index >= 15 is 0 Å². The molecule has 0 aliphatic heterocycles. The summed E-state index contributed by atoms with van der Waals surface area (Å²) in [7, 11) is 0. The summed E-state index contributed by atoms with van der Waals surface area (Å²) in [5, 5.41) is 2.86. The first-order valence-corrected chi connectivity index (χ1v) is 32.2. The van der Waals surface area contributed by atoms with Gasteiger partial charge in [0.25, 0.3) is 0 Å². The van der Waals surface area contributed by atoms with E-state index in [4.69, 9.17) is 0 Å². The second-order valence-electron chi connectivity index (χ2n) is 22.2. The zero-order chi connectivity index (χ0) is 50.8. The van der Waals surface area contributed by atoms with Crippen molar-refractivity contribution in [2.45, 2.75) is 181 Å². The molecule has 4 heterocycles. The van der Waals surface area contributed by atoms with Crippen LogP contribution in [0.1, 0.15) is 207 Å². The van der Waals surface area contributed by atoms with E-state index < -0.39 is 10.8 Å². The van der Waals surface area contributed by atoms with Gasteiger partial charge in [0.2, 0.25) is 0 Å². The molecule has 0 fully saturated rings. The minimum atomic E-state index is -0.415. The number of hydrogen-bond acceptors (Lipinski definition) is 4. The zero-order valence-corrected chi connectivity index (χ0v) is 48.6. The minimum absolute atomic E-state index is 0.415. The van der Waals surface area contributed by atoms with E-state index in [0.29, 0.717) is 0 Å². The Bertz CT molecular complexity index is 2990. The quantitative estimate of drug-likeness (QED) is 0.0529. The summed E-state index contributed by atoms with van der Waals surface area (Å²) < 4.78 is 2.82. The van der Waals surface area contributed by atoms with Crippen molar-refractivity contribution in [1.82, 2.24) is 0 Å². The Morgan fingerprint density at radius 2 is 0.595 bits per heavy atom. The number of aryl methyl sites for hydroxylation is 6. The fourth-order valence-electron chi connectivity index (χ4n) is 13.2. The average Bonchev–Trinajstić information content (AvgIpc) is 4.41. The Balaban J connectivity index is 1.11. The van der Waals surface area contributed by atoms with Crippen LogP contribution in [0.4, 0.5) is 0 Å². The van der Waals surface area contributed by atoms with Gasteiger partial charge in [-0.15, -0.1) is 45.3 Å². The van der Waals surface area contributed by atoms with Crippen LogP contribution in [0.25, 0.3) is 39.7 Å². The fourth-order valence-corrected chi connectivity index (χ4v) is 18.2. The third-order valence-electron chi connectivity index (χ3n) is 17.0.